The quantitative estimate of drug-likeness (QED) is 0.159. The summed E-state index contributed by atoms with van der Waals surface area (Å²) in [5.41, 5.74) is 4.54. The van der Waals surface area contributed by atoms with Gasteiger partial charge >= 0.3 is 5.97 Å². The first kappa shape index (κ1) is 30.3. The molecule has 3 heterocycles. The molecular weight excluding hydrogens is 506 g/mol. The first-order valence-corrected chi connectivity index (χ1v) is 15.2. The molecule has 1 unspecified atom stereocenters. The molecule has 1 aromatic carbocycles. The lowest BCUT2D eigenvalue weighted by Gasteiger charge is -2.35. The van der Waals surface area contributed by atoms with Crippen molar-refractivity contribution in [1.29, 1.82) is 0 Å². The Morgan fingerprint density at radius 3 is 2.68 bits per heavy atom. The third-order valence-corrected chi connectivity index (χ3v) is 8.77. The van der Waals surface area contributed by atoms with Crippen molar-refractivity contribution in [2.75, 3.05) is 44.4 Å². The van der Waals surface area contributed by atoms with Crippen molar-refractivity contribution < 1.29 is 19.0 Å². The number of benzene rings is 1. The van der Waals surface area contributed by atoms with Crippen LogP contribution in [0.3, 0.4) is 0 Å². The number of aryl methyl sites for hydroxylation is 1. The van der Waals surface area contributed by atoms with Crippen LogP contribution in [0.5, 0.6) is 11.5 Å². The number of carbonyl (C=O) groups excluding carboxylic acids is 1. The van der Waals surface area contributed by atoms with E-state index in [0.717, 1.165) is 74.9 Å². The minimum atomic E-state index is -0.322. The fraction of sp³-hybridized carbons (Fsp3) is 0.700. The molecule has 1 atom stereocenters. The number of nitrogens with zero attached hydrogens (tertiary/aromatic N) is 1. The molecule has 3 aliphatic rings. The van der Waals surface area contributed by atoms with E-state index in [9.17, 15) is 4.79 Å². The Balaban J connectivity index is 0.00000380. The number of morpholine rings is 1. The summed E-state index contributed by atoms with van der Waals surface area (Å²) in [6.07, 6.45) is 8.52. The molecule has 4 rings (SSSR count). The summed E-state index contributed by atoms with van der Waals surface area (Å²) < 4.78 is 18.1. The summed E-state index contributed by atoms with van der Waals surface area (Å²) >= 11 is 1.92. The predicted octanol–water partition coefficient (Wildman–Crippen LogP) is 6.95. The molecule has 0 amide bonds. The van der Waals surface area contributed by atoms with Crippen molar-refractivity contribution in [3.63, 3.8) is 0 Å². The molecular formula is C30H46ClNO4S. The van der Waals surface area contributed by atoms with Gasteiger partial charge in [-0.25, -0.2) is 0 Å². The Kier molecular flexibility index (Phi) is 11.7. The molecule has 0 radical (unpaired) electrons. The molecule has 1 fully saturated rings. The van der Waals surface area contributed by atoms with E-state index < -0.39 is 0 Å². The zero-order chi connectivity index (χ0) is 25.5. The Hall–Kier alpha value is -1.21. The molecule has 0 aromatic heterocycles. The average Bonchev–Trinajstić information content (AvgIpc) is 3.34. The largest absolute Gasteiger partial charge is 0.483 e. The van der Waals surface area contributed by atoms with Crippen molar-refractivity contribution in [2.45, 2.75) is 84.7 Å². The van der Waals surface area contributed by atoms with E-state index in [1.165, 1.54) is 42.4 Å². The number of halogens is 1. The predicted molar refractivity (Wildman–Crippen MR) is 156 cm³/mol. The highest BCUT2D eigenvalue weighted by Gasteiger charge is 2.39. The van der Waals surface area contributed by atoms with Crippen LogP contribution >= 0.6 is 24.2 Å². The second-order valence-corrected chi connectivity index (χ2v) is 12.2. The summed E-state index contributed by atoms with van der Waals surface area (Å²) in [5.74, 6) is 4.05. The number of esters is 1. The maximum absolute atomic E-state index is 13.0. The number of unbranched alkanes of at least 4 members (excludes halogenated alkanes) is 2. The summed E-state index contributed by atoms with van der Waals surface area (Å²) in [5, 5.41) is 0. The van der Waals surface area contributed by atoms with Crippen molar-refractivity contribution >= 4 is 35.7 Å². The highest BCUT2D eigenvalue weighted by atomic mass is 35.5. The second-order valence-electron chi connectivity index (χ2n) is 11.2. The summed E-state index contributed by atoms with van der Waals surface area (Å²) in [6, 6.07) is 4.32. The molecule has 0 spiro atoms. The van der Waals surface area contributed by atoms with E-state index >= 15 is 0 Å². The molecule has 0 saturated carbocycles. The van der Waals surface area contributed by atoms with Crippen molar-refractivity contribution in [2.24, 2.45) is 5.92 Å². The molecule has 0 bridgehead atoms. The van der Waals surface area contributed by atoms with Crippen LogP contribution in [0.2, 0.25) is 0 Å². The van der Waals surface area contributed by atoms with Gasteiger partial charge in [0, 0.05) is 31.0 Å². The number of fused-ring (bicyclic) bond motifs is 2. The zero-order valence-corrected chi connectivity index (χ0v) is 24.9. The molecule has 1 saturated heterocycles. The summed E-state index contributed by atoms with van der Waals surface area (Å²) in [6.45, 7) is 13.3. The lowest BCUT2D eigenvalue weighted by atomic mass is 9.86. The molecule has 1 aromatic rings. The standard InChI is InChI=1S/C30H45NO4S.ClH/c1-5-6-7-9-22(2)11-12-23-18-26(34-28(32)10-8-13-31-14-16-33-17-15-31)29-24-20-36-21-25(24)30(3,4)35-27(29)19-23;/h18-19,22H,5-17,20-21H2,1-4H3;1H. The minimum Gasteiger partial charge on any atom is -0.483 e. The normalized spacial score (nSPS) is 19.5. The maximum Gasteiger partial charge on any atom is 0.311 e. The van der Waals surface area contributed by atoms with Crippen LogP contribution in [0.4, 0.5) is 0 Å². The second kappa shape index (κ2) is 14.3. The van der Waals surface area contributed by atoms with Gasteiger partial charge in [-0.05, 0) is 74.4 Å². The smallest absolute Gasteiger partial charge is 0.311 e. The third kappa shape index (κ3) is 8.14. The zero-order valence-electron chi connectivity index (χ0n) is 23.2. The summed E-state index contributed by atoms with van der Waals surface area (Å²) in [4.78, 5) is 15.3. The van der Waals surface area contributed by atoms with E-state index in [2.05, 4.69) is 44.7 Å². The number of hydrogen-bond acceptors (Lipinski definition) is 6. The van der Waals surface area contributed by atoms with Gasteiger partial charge in [-0.1, -0.05) is 39.5 Å². The highest BCUT2D eigenvalue weighted by molar-refractivity contribution is 8.00. The van der Waals surface area contributed by atoms with Gasteiger partial charge in [0.2, 0.25) is 0 Å². The average molecular weight is 552 g/mol. The minimum absolute atomic E-state index is 0. The Labute approximate surface area is 234 Å². The molecule has 208 valence electrons. The first-order chi connectivity index (χ1) is 17.4. The molecule has 3 aliphatic heterocycles. The van der Waals surface area contributed by atoms with Crippen LogP contribution in [0.15, 0.2) is 17.7 Å². The fourth-order valence-electron chi connectivity index (χ4n) is 5.52. The first-order valence-electron chi connectivity index (χ1n) is 14.0. The molecule has 37 heavy (non-hydrogen) atoms. The van der Waals surface area contributed by atoms with Crippen LogP contribution in [-0.2, 0) is 16.0 Å². The molecule has 7 heteroatoms. The lowest BCUT2D eigenvalue weighted by Crippen LogP contribution is -2.37. The monoisotopic (exact) mass is 551 g/mol. The number of ether oxygens (including phenoxy) is 3. The van der Waals surface area contributed by atoms with Gasteiger partial charge < -0.3 is 14.2 Å². The number of carbonyl (C=O) groups is 1. The highest BCUT2D eigenvalue weighted by Crippen LogP contribution is 2.50. The van der Waals surface area contributed by atoms with Crippen molar-refractivity contribution in [1.82, 2.24) is 4.90 Å². The fourth-order valence-corrected chi connectivity index (χ4v) is 6.87. The van der Waals surface area contributed by atoms with Gasteiger partial charge in [-0.15, -0.1) is 12.4 Å². The maximum atomic E-state index is 13.0. The van der Waals surface area contributed by atoms with Crippen LogP contribution in [0.1, 0.15) is 83.8 Å². The number of hydrogen-bond donors (Lipinski definition) is 0. The molecule has 0 N–H and O–H groups in total. The van der Waals surface area contributed by atoms with Gasteiger partial charge in [0.15, 0.2) is 0 Å². The van der Waals surface area contributed by atoms with Crippen LogP contribution in [0, 0.1) is 5.92 Å². The van der Waals surface area contributed by atoms with Gasteiger partial charge in [-0.3, -0.25) is 9.69 Å². The van der Waals surface area contributed by atoms with E-state index in [-0.39, 0.29) is 24.0 Å². The van der Waals surface area contributed by atoms with Gasteiger partial charge in [0.25, 0.3) is 0 Å². The van der Waals surface area contributed by atoms with Gasteiger partial charge in [0.1, 0.15) is 17.1 Å². The van der Waals surface area contributed by atoms with Crippen LogP contribution in [0.25, 0.3) is 5.57 Å². The van der Waals surface area contributed by atoms with E-state index in [1.54, 1.807) is 0 Å². The Morgan fingerprint density at radius 2 is 1.92 bits per heavy atom. The SMILES string of the molecule is CCCCCC(C)CCc1cc(OC(=O)CCCN2CCOCC2)c2c(c1)OC(C)(C)C1=C2CSC1.Cl. The number of rotatable bonds is 12. The Morgan fingerprint density at radius 1 is 1.14 bits per heavy atom. The van der Waals surface area contributed by atoms with Crippen LogP contribution < -0.4 is 9.47 Å². The molecule has 5 nitrogen and oxygen atoms in total. The van der Waals surface area contributed by atoms with Gasteiger partial charge in [0.05, 0.1) is 18.8 Å². The lowest BCUT2D eigenvalue weighted by molar-refractivity contribution is -0.134. The Bertz CT molecular complexity index is 942. The number of thioether (sulfide) groups is 1. The van der Waals surface area contributed by atoms with Crippen LogP contribution in [-0.4, -0.2) is 60.8 Å². The third-order valence-electron chi connectivity index (χ3n) is 7.79. The summed E-state index contributed by atoms with van der Waals surface area (Å²) in [7, 11) is 0. The van der Waals surface area contributed by atoms with Gasteiger partial charge in [-0.2, -0.15) is 11.8 Å². The van der Waals surface area contributed by atoms with E-state index in [1.807, 2.05) is 11.8 Å². The van der Waals surface area contributed by atoms with Crippen molar-refractivity contribution in [3.05, 3.63) is 28.8 Å². The van der Waals surface area contributed by atoms with Crippen molar-refractivity contribution in [3.8, 4) is 11.5 Å². The van der Waals surface area contributed by atoms with E-state index in [4.69, 9.17) is 14.2 Å². The molecule has 0 aliphatic carbocycles. The topological polar surface area (TPSA) is 48.0 Å². The van der Waals surface area contributed by atoms with E-state index in [0.29, 0.717) is 18.1 Å².